The van der Waals surface area contributed by atoms with Gasteiger partial charge in [0, 0.05) is 54.7 Å². The van der Waals surface area contributed by atoms with E-state index in [2.05, 4.69) is 22.4 Å². The number of likely N-dealkylation sites (tertiary alicyclic amines) is 1. The number of halogens is 1. The zero-order chi connectivity index (χ0) is 21.3. The minimum atomic E-state index is -0.313. The van der Waals surface area contributed by atoms with Crippen LogP contribution >= 0.6 is 11.6 Å². The number of hydrogen-bond donors (Lipinski definition) is 1. The van der Waals surface area contributed by atoms with E-state index < -0.39 is 0 Å². The number of rotatable bonds is 4. The Labute approximate surface area is 181 Å². The first-order valence-electron chi connectivity index (χ1n) is 10.2. The summed E-state index contributed by atoms with van der Waals surface area (Å²) in [6, 6.07) is 11.0. The van der Waals surface area contributed by atoms with Gasteiger partial charge in [-0.1, -0.05) is 17.7 Å². The van der Waals surface area contributed by atoms with Gasteiger partial charge in [-0.3, -0.25) is 14.5 Å². The van der Waals surface area contributed by atoms with Crippen molar-refractivity contribution in [1.29, 1.82) is 0 Å². The number of aryl methyl sites for hydroxylation is 1. The van der Waals surface area contributed by atoms with Gasteiger partial charge in [0.1, 0.15) is 11.4 Å². The van der Waals surface area contributed by atoms with Crippen LogP contribution in [-0.4, -0.2) is 41.8 Å². The van der Waals surface area contributed by atoms with E-state index in [1.165, 1.54) is 6.92 Å². The second-order valence-corrected chi connectivity index (χ2v) is 8.50. The highest BCUT2D eigenvalue weighted by Gasteiger charge is 2.37. The van der Waals surface area contributed by atoms with Gasteiger partial charge in [-0.05, 0) is 55.0 Å². The molecule has 0 saturated carbocycles. The molecule has 5 nitrogen and oxygen atoms in total. The maximum atomic E-state index is 12.7. The molecule has 1 fully saturated rings. The maximum absolute atomic E-state index is 12.7. The number of benzene rings is 2. The topological polar surface area (TPSA) is 58.6 Å². The Hall–Kier alpha value is -2.63. The van der Waals surface area contributed by atoms with Crippen LogP contribution in [0.1, 0.15) is 41.3 Å². The van der Waals surface area contributed by atoms with Crippen LogP contribution in [0.4, 0.5) is 5.69 Å². The number of carbonyl (C=O) groups excluding carboxylic acids is 2. The Morgan fingerprint density at radius 3 is 2.53 bits per heavy atom. The number of piperidine rings is 1. The largest absolute Gasteiger partial charge is 0.482 e. The fraction of sp³-hybridized carbons (Fsp3) is 0.333. The van der Waals surface area contributed by atoms with Gasteiger partial charge in [-0.15, -0.1) is 0 Å². The van der Waals surface area contributed by atoms with Crippen molar-refractivity contribution in [3.05, 3.63) is 64.2 Å². The lowest BCUT2D eigenvalue weighted by atomic mass is 9.87. The Morgan fingerprint density at radius 1 is 1.17 bits per heavy atom. The lowest BCUT2D eigenvalue weighted by Gasteiger charge is -2.41. The number of ketones is 1. The number of nitrogens with zero attached hydrogens (tertiary/aromatic N) is 1. The third kappa shape index (κ3) is 4.42. The summed E-state index contributed by atoms with van der Waals surface area (Å²) in [5.41, 5.74) is 3.05. The van der Waals surface area contributed by atoms with Crippen LogP contribution in [0.25, 0.3) is 6.08 Å². The first-order valence-corrected chi connectivity index (χ1v) is 10.5. The molecule has 2 heterocycles. The second kappa shape index (κ2) is 8.25. The van der Waals surface area contributed by atoms with E-state index in [1.807, 2.05) is 19.1 Å². The number of nitrogens with one attached hydrogen (secondary N) is 1. The lowest BCUT2D eigenvalue weighted by Crippen LogP contribution is -2.48. The molecule has 6 heteroatoms. The van der Waals surface area contributed by atoms with E-state index in [0.29, 0.717) is 17.8 Å². The van der Waals surface area contributed by atoms with Crippen LogP contribution in [0.2, 0.25) is 5.02 Å². The average Bonchev–Trinajstić information content (AvgIpc) is 2.71. The van der Waals surface area contributed by atoms with Gasteiger partial charge in [0.25, 0.3) is 0 Å². The summed E-state index contributed by atoms with van der Waals surface area (Å²) < 4.78 is 6.39. The van der Waals surface area contributed by atoms with Gasteiger partial charge in [0.05, 0.1) is 6.54 Å². The van der Waals surface area contributed by atoms with Gasteiger partial charge in [0.2, 0.25) is 5.91 Å². The van der Waals surface area contributed by atoms with Crippen molar-refractivity contribution in [2.75, 3.05) is 25.0 Å². The minimum Gasteiger partial charge on any atom is -0.482 e. The molecule has 0 atom stereocenters. The summed E-state index contributed by atoms with van der Waals surface area (Å²) in [7, 11) is 0. The highest BCUT2D eigenvalue weighted by molar-refractivity contribution is 6.31. The fourth-order valence-corrected chi connectivity index (χ4v) is 4.15. The molecular weight excluding hydrogens is 400 g/mol. The SMILES string of the molecule is CC(=O)Nc1ccc(C(=O)CN2CCC3(C=Cc4cc(Cl)c(C)cc4O3)CC2)cc1. The summed E-state index contributed by atoms with van der Waals surface area (Å²) >= 11 is 6.23. The molecule has 0 aliphatic carbocycles. The van der Waals surface area contributed by atoms with Crippen LogP contribution in [0.15, 0.2) is 42.5 Å². The summed E-state index contributed by atoms with van der Waals surface area (Å²) in [4.78, 5) is 26.0. The molecule has 1 N–H and O–H groups in total. The first-order chi connectivity index (χ1) is 14.3. The van der Waals surface area contributed by atoms with Crippen molar-refractivity contribution in [3.8, 4) is 5.75 Å². The van der Waals surface area contributed by atoms with Crippen molar-refractivity contribution in [2.45, 2.75) is 32.3 Å². The second-order valence-electron chi connectivity index (χ2n) is 8.10. The number of carbonyl (C=O) groups is 2. The van der Waals surface area contributed by atoms with Crippen LogP contribution in [0, 0.1) is 6.92 Å². The van der Waals surface area contributed by atoms with Gasteiger partial charge in [-0.25, -0.2) is 0 Å². The Balaban J connectivity index is 1.35. The van der Waals surface area contributed by atoms with Crippen LogP contribution < -0.4 is 10.1 Å². The molecule has 2 aromatic rings. The van der Waals surface area contributed by atoms with Crippen molar-refractivity contribution >= 4 is 35.1 Å². The minimum absolute atomic E-state index is 0.0797. The first kappa shape index (κ1) is 20.6. The lowest BCUT2D eigenvalue weighted by molar-refractivity contribution is -0.114. The van der Waals surface area contributed by atoms with Gasteiger partial charge >= 0.3 is 0 Å². The summed E-state index contributed by atoms with van der Waals surface area (Å²) in [5, 5.41) is 3.46. The fourth-order valence-electron chi connectivity index (χ4n) is 3.98. The molecule has 0 unspecified atom stereocenters. The highest BCUT2D eigenvalue weighted by Crippen LogP contribution is 2.39. The van der Waals surface area contributed by atoms with E-state index in [0.717, 1.165) is 47.8 Å². The molecule has 0 radical (unpaired) electrons. The summed E-state index contributed by atoms with van der Waals surface area (Å²) in [6.45, 7) is 5.41. The quantitative estimate of drug-likeness (QED) is 0.721. The molecule has 30 heavy (non-hydrogen) atoms. The van der Waals surface area contributed by atoms with Crippen molar-refractivity contribution in [2.24, 2.45) is 0 Å². The van der Waals surface area contributed by atoms with E-state index in [4.69, 9.17) is 16.3 Å². The summed E-state index contributed by atoms with van der Waals surface area (Å²) in [5.74, 6) is 0.829. The van der Waals surface area contributed by atoms with Crippen LogP contribution in [0.5, 0.6) is 5.75 Å². The molecule has 2 aromatic carbocycles. The molecule has 0 bridgehead atoms. The number of fused-ring (bicyclic) bond motifs is 1. The van der Waals surface area contributed by atoms with Gasteiger partial charge in [-0.2, -0.15) is 0 Å². The van der Waals surface area contributed by atoms with E-state index in [-0.39, 0.29) is 17.3 Å². The van der Waals surface area contributed by atoms with Gasteiger partial charge < -0.3 is 10.1 Å². The maximum Gasteiger partial charge on any atom is 0.221 e. The van der Waals surface area contributed by atoms with E-state index in [9.17, 15) is 9.59 Å². The number of hydrogen-bond acceptors (Lipinski definition) is 4. The number of Topliss-reactive ketones (excluding diaryl/α,β-unsaturated/α-hetero) is 1. The van der Waals surface area contributed by atoms with Crippen molar-refractivity contribution in [3.63, 3.8) is 0 Å². The molecule has 156 valence electrons. The van der Waals surface area contributed by atoms with Crippen molar-refractivity contribution < 1.29 is 14.3 Å². The number of ether oxygens (including phenoxy) is 1. The number of amides is 1. The highest BCUT2D eigenvalue weighted by atomic mass is 35.5. The third-order valence-electron chi connectivity index (χ3n) is 5.77. The van der Waals surface area contributed by atoms with Crippen molar-refractivity contribution in [1.82, 2.24) is 4.90 Å². The molecular formula is C24H25ClN2O3. The van der Waals surface area contributed by atoms with E-state index >= 15 is 0 Å². The zero-order valence-corrected chi connectivity index (χ0v) is 18.0. The van der Waals surface area contributed by atoms with E-state index in [1.54, 1.807) is 24.3 Å². The molecule has 1 spiro atoms. The smallest absolute Gasteiger partial charge is 0.221 e. The average molecular weight is 425 g/mol. The van der Waals surface area contributed by atoms with Gasteiger partial charge in [0.15, 0.2) is 5.78 Å². The zero-order valence-electron chi connectivity index (χ0n) is 17.2. The molecule has 1 amide bonds. The predicted molar refractivity (Wildman–Crippen MR) is 119 cm³/mol. The Kier molecular flexibility index (Phi) is 5.67. The number of anilines is 1. The molecule has 0 aromatic heterocycles. The Bertz CT molecular complexity index is 1010. The molecule has 2 aliphatic heterocycles. The molecule has 2 aliphatic rings. The summed E-state index contributed by atoms with van der Waals surface area (Å²) in [6.07, 6.45) is 5.90. The normalized spacial score (nSPS) is 17.3. The standard InChI is InChI=1S/C24H25ClN2O3/c1-16-13-23-19(14-21(16)25)7-8-24(30-23)9-11-27(12-10-24)15-22(29)18-3-5-20(6-4-18)26-17(2)28/h3-8,13-14H,9-12,15H2,1-2H3,(H,26,28). The molecule has 1 saturated heterocycles. The third-order valence-corrected chi connectivity index (χ3v) is 6.17. The monoisotopic (exact) mass is 424 g/mol. The molecule has 4 rings (SSSR count). The Morgan fingerprint density at radius 2 is 1.87 bits per heavy atom. The van der Waals surface area contributed by atoms with Crippen LogP contribution in [-0.2, 0) is 4.79 Å². The van der Waals surface area contributed by atoms with Crippen LogP contribution in [0.3, 0.4) is 0 Å². The predicted octanol–water partition coefficient (Wildman–Crippen LogP) is 4.73.